The van der Waals surface area contributed by atoms with Crippen LogP contribution in [0.1, 0.15) is 50.8 Å². The maximum atomic E-state index is 12.4. The summed E-state index contributed by atoms with van der Waals surface area (Å²) in [5, 5.41) is 6.15. The Morgan fingerprint density at radius 3 is 1.90 bits per heavy atom. The van der Waals surface area contributed by atoms with Crippen molar-refractivity contribution in [3.05, 3.63) is 59.7 Å². The van der Waals surface area contributed by atoms with Crippen molar-refractivity contribution in [3.63, 3.8) is 0 Å². The normalized spacial score (nSPS) is 13.1. The van der Waals surface area contributed by atoms with Gasteiger partial charge in [0.05, 0.1) is 11.4 Å². The van der Waals surface area contributed by atoms with E-state index in [0.29, 0.717) is 17.5 Å². The minimum atomic E-state index is -3.48. The van der Waals surface area contributed by atoms with E-state index in [2.05, 4.69) is 62.6 Å². The second-order valence-corrected chi connectivity index (χ2v) is 10.4. The van der Waals surface area contributed by atoms with Crippen molar-refractivity contribution < 1.29 is 13.2 Å². The van der Waals surface area contributed by atoms with Crippen LogP contribution in [0, 0.1) is 5.92 Å². The average Bonchev–Trinajstić information content (AvgIpc) is 2.68. The molecule has 0 aliphatic heterocycles. The number of benzene rings is 2. The van der Waals surface area contributed by atoms with Gasteiger partial charge in [-0.3, -0.25) is 4.79 Å². The highest BCUT2D eigenvalue weighted by Crippen LogP contribution is 2.24. The largest absolute Gasteiger partial charge is 0.325 e. The van der Waals surface area contributed by atoms with E-state index in [0.717, 1.165) is 9.87 Å². The van der Waals surface area contributed by atoms with Crippen LogP contribution >= 0.6 is 0 Å². The van der Waals surface area contributed by atoms with Gasteiger partial charge in [-0.05, 0) is 47.2 Å². The van der Waals surface area contributed by atoms with E-state index in [9.17, 15) is 13.2 Å². The first-order valence-corrected chi connectivity index (χ1v) is 11.6. The van der Waals surface area contributed by atoms with Gasteiger partial charge in [0.2, 0.25) is 15.9 Å². The van der Waals surface area contributed by atoms with Gasteiger partial charge in [-0.1, -0.05) is 52.0 Å². The van der Waals surface area contributed by atoms with E-state index in [1.54, 1.807) is 12.1 Å². The fourth-order valence-electron chi connectivity index (χ4n) is 3.16. The first kappa shape index (κ1) is 24.1. The van der Waals surface area contributed by atoms with Gasteiger partial charge in [0.25, 0.3) is 0 Å². The third kappa shape index (κ3) is 6.14. The standard InChI is InChI=1S/C23H33N3O3S/c1-16(2)18-7-9-19(10-8-18)23(17(3)4)24-15-22(27)25-20-11-13-21(14-12-20)30(28,29)26(5)6/h7-14,16-17,23-24H,15H2,1-6H3,(H,25,27)/t23-/m0/s1. The van der Waals surface area contributed by atoms with Crippen LogP contribution in [-0.4, -0.2) is 39.3 Å². The summed E-state index contributed by atoms with van der Waals surface area (Å²) in [6.07, 6.45) is 0. The molecule has 1 amide bonds. The molecule has 6 nitrogen and oxygen atoms in total. The highest BCUT2D eigenvalue weighted by Gasteiger charge is 2.18. The Balaban J connectivity index is 1.99. The maximum absolute atomic E-state index is 12.4. The lowest BCUT2D eigenvalue weighted by Crippen LogP contribution is -2.33. The number of amides is 1. The SMILES string of the molecule is CC(C)c1ccc([C@@H](NCC(=O)Nc2ccc(S(=O)(=O)N(C)C)cc2)C(C)C)cc1. The van der Waals surface area contributed by atoms with Crippen molar-refractivity contribution in [2.24, 2.45) is 5.92 Å². The molecule has 2 N–H and O–H groups in total. The summed E-state index contributed by atoms with van der Waals surface area (Å²) in [6.45, 7) is 8.73. The van der Waals surface area contributed by atoms with Crippen LogP contribution in [0.5, 0.6) is 0 Å². The van der Waals surface area contributed by atoms with Crippen molar-refractivity contribution in [2.45, 2.75) is 44.6 Å². The second-order valence-electron chi connectivity index (χ2n) is 8.28. The third-order valence-electron chi connectivity index (χ3n) is 5.03. The summed E-state index contributed by atoms with van der Waals surface area (Å²) >= 11 is 0. The smallest absolute Gasteiger partial charge is 0.242 e. The summed E-state index contributed by atoms with van der Waals surface area (Å²) < 4.78 is 25.4. The molecular formula is C23H33N3O3S. The Bertz CT molecular complexity index is 935. The van der Waals surface area contributed by atoms with Gasteiger partial charge in [-0.2, -0.15) is 0 Å². The van der Waals surface area contributed by atoms with Crippen LogP contribution in [-0.2, 0) is 14.8 Å². The molecule has 2 aromatic rings. The second kappa shape index (κ2) is 10.2. The van der Waals surface area contributed by atoms with Crippen molar-refractivity contribution >= 4 is 21.6 Å². The average molecular weight is 432 g/mol. The topological polar surface area (TPSA) is 78.5 Å². The number of sulfonamides is 1. The van der Waals surface area contributed by atoms with Crippen LogP contribution in [0.2, 0.25) is 0 Å². The molecule has 164 valence electrons. The Kier molecular flexibility index (Phi) is 8.18. The molecule has 0 bridgehead atoms. The van der Waals surface area contributed by atoms with Gasteiger partial charge in [-0.25, -0.2) is 12.7 Å². The van der Waals surface area contributed by atoms with Crippen molar-refractivity contribution in [3.8, 4) is 0 Å². The number of hydrogen-bond acceptors (Lipinski definition) is 4. The zero-order valence-corrected chi connectivity index (χ0v) is 19.5. The zero-order chi connectivity index (χ0) is 22.5. The molecule has 30 heavy (non-hydrogen) atoms. The monoisotopic (exact) mass is 431 g/mol. The van der Waals surface area contributed by atoms with Crippen molar-refractivity contribution in [2.75, 3.05) is 26.0 Å². The fourth-order valence-corrected chi connectivity index (χ4v) is 4.06. The molecular weight excluding hydrogens is 398 g/mol. The Morgan fingerprint density at radius 1 is 0.900 bits per heavy atom. The minimum absolute atomic E-state index is 0.0598. The zero-order valence-electron chi connectivity index (χ0n) is 18.6. The van der Waals surface area contributed by atoms with Gasteiger partial charge in [0, 0.05) is 25.8 Å². The lowest BCUT2D eigenvalue weighted by Gasteiger charge is -2.23. The number of hydrogen-bond donors (Lipinski definition) is 2. The summed E-state index contributed by atoms with van der Waals surface area (Å²) in [7, 11) is -0.515. The molecule has 0 saturated carbocycles. The quantitative estimate of drug-likeness (QED) is 0.629. The molecule has 2 rings (SSSR count). The fraction of sp³-hybridized carbons (Fsp3) is 0.435. The van der Waals surface area contributed by atoms with Crippen LogP contribution < -0.4 is 10.6 Å². The van der Waals surface area contributed by atoms with E-state index < -0.39 is 10.0 Å². The van der Waals surface area contributed by atoms with E-state index >= 15 is 0 Å². The van der Waals surface area contributed by atoms with E-state index in [1.165, 1.54) is 31.8 Å². The third-order valence-corrected chi connectivity index (χ3v) is 6.86. The highest BCUT2D eigenvalue weighted by molar-refractivity contribution is 7.89. The molecule has 0 radical (unpaired) electrons. The Morgan fingerprint density at radius 2 is 1.43 bits per heavy atom. The molecule has 7 heteroatoms. The molecule has 0 aliphatic rings. The molecule has 0 fully saturated rings. The summed E-state index contributed by atoms with van der Waals surface area (Å²) in [5.74, 6) is 0.621. The molecule has 0 saturated heterocycles. The number of carbonyl (C=O) groups excluding carboxylic acids is 1. The predicted octanol–water partition coefficient (Wildman–Crippen LogP) is 3.99. The summed E-state index contributed by atoms with van der Waals surface area (Å²) in [4.78, 5) is 12.6. The van der Waals surface area contributed by atoms with Crippen LogP contribution in [0.25, 0.3) is 0 Å². The molecule has 0 aliphatic carbocycles. The van der Waals surface area contributed by atoms with Crippen molar-refractivity contribution in [1.82, 2.24) is 9.62 Å². The van der Waals surface area contributed by atoms with Gasteiger partial charge >= 0.3 is 0 Å². The molecule has 0 unspecified atom stereocenters. The molecule has 0 spiro atoms. The van der Waals surface area contributed by atoms with Gasteiger partial charge < -0.3 is 10.6 Å². The number of carbonyl (C=O) groups is 1. The maximum Gasteiger partial charge on any atom is 0.242 e. The Hall–Kier alpha value is -2.22. The van der Waals surface area contributed by atoms with Gasteiger partial charge in [0.1, 0.15) is 0 Å². The first-order valence-electron chi connectivity index (χ1n) is 10.2. The number of anilines is 1. The van der Waals surface area contributed by atoms with Crippen LogP contribution in [0.3, 0.4) is 0 Å². The van der Waals surface area contributed by atoms with Crippen LogP contribution in [0.15, 0.2) is 53.4 Å². The van der Waals surface area contributed by atoms with E-state index in [1.807, 2.05) is 0 Å². The Labute approximate surface area is 180 Å². The molecule has 0 heterocycles. The summed E-state index contributed by atoms with van der Waals surface area (Å²) in [6, 6.07) is 14.8. The molecule has 1 atom stereocenters. The first-order chi connectivity index (χ1) is 14.0. The molecule has 0 aromatic heterocycles. The lowest BCUT2D eigenvalue weighted by atomic mass is 9.93. The number of nitrogens with one attached hydrogen (secondary N) is 2. The lowest BCUT2D eigenvalue weighted by molar-refractivity contribution is -0.115. The number of nitrogens with zero attached hydrogens (tertiary/aromatic N) is 1. The summed E-state index contributed by atoms with van der Waals surface area (Å²) in [5.41, 5.74) is 3.00. The van der Waals surface area contributed by atoms with E-state index in [-0.39, 0.29) is 23.4 Å². The van der Waals surface area contributed by atoms with Crippen LogP contribution in [0.4, 0.5) is 5.69 Å². The highest BCUT2D eigenvalue weighted by atomic mass is 32.2. The number of rotatable bonds is 9. The van der Waals surface area contributed by atoms with Gasteiger partial charge in [0.15, 0.2) is 0 Å². The van der Waals surface area contributed by atoms with Gasteiger partial charge in [-0.15, -0.1) is 0 Å². The molecule has 2 aromatic carbocycles. The van der Waals surface area contributed by atoms with Crippen molar-refractivity contribution in [1.29, 1.82) is 0 Å². The predicted molar refractivity (Wildman–Crippen MR) is 122 cm³/mol. The van der Waals surface area contributed by atoms with E-state index in [4.69, 9.17) is 0 Å². The minimum Gasteiger partial charge on any atom is -0.325 e.